The van der Waals surface area contributed by atoms with Crippen LogP contribution >= 0.6 is 27.5 Å². The summed E-state index contributed by atoms with van der Waals surface area (Å²) in [5.41, 5.74) is 7.21. The van der Waals surface area contributed by atoms with Gasteiger partial charge in [0.1, 0.15) is 0 Å². The second-order valence-corrected chi connectivity index (χ2v) is 5.09. The molecule has 5 heteroatoms. The molecule has 0 amide bonds. The first-order valence-electron chi connectivity index (χ1n) is 5.14. The molecule has 0 spiro atoms. The Labute approximate surface area is 117 Å². The zero-order valence-corrected chi connectivity index (χ0v) is 11.5. The fraction of sp³-hybridized carbons (Fsp3) is 0.0769. The lowest BCUT2D eigenvalue weighted by atomic mass is 9.99. The van der Waals surface area contributed by atoms with Gasteiger partial charge in [0.2, 0.25) is 0 Å². The summed E-state index contributed by atoms with van der Waals surface area (Å²) in [5, 5.41) is 0.519. The standard InChI is InChI=1S/C13H9BrClF2N/c14-9-3-1-7(5-10(9)15)13(18)8-2-4-11(16)12(17)6-8/h1-6,13H,18H2. The summed E-state index contributed by atoms with van der Waals surface area (Å²) in [5.74, 6) is -1.80. The van der Waals surface area contributed by atoms with Gasteiger partial charge in [0.15, 0.2) is 11.6 Å². The molecule has 94 valence electrons. The van der Waals surface area contributed by atoms with Crippen molar-refractivity contribution in [3.05, 3.63) is 68.7 Å². The molecule has 0 radical (unpaired) electrons. The van der Waals surface area contributed by atoms with E-state index < -0.39 is 17.7 Å². The molecule has 0 saturated carbocycles. The number of rotatable bonds is 2. The molecule has 2 rings (SSSR count). The topological polar surface area (TPSA) is 26.0 Å². The molecule has 2 aromatic carbocycles. The molecule has 0 fully saturated rings. The van der Waals surface area contributed by atoms with Crippen molar-refractivity contribution in [1.82, 2.24) is 0 Å². The van der Waals surface area contributed by atoms with E-state index in [2.05, 4.69) is 15.9 Å². The van der Waals surface area contributed by atoms with Gasteiger partial charge in [0.05, 0.1) is 11.1 Å². The lowest BCUT2D eigenvalue weighted by Crippen LogP contribution is -2.12. The van der Waals surface area contributed by atoms with Crippen LogP contribution in [0.25, 0.3) is 0 Å². The molecule has 0 bridgehead atoms. The first-order valence-corrected chi connectivity index (χ1v) is 6.31. The minimum Gasteiger partial charge on any atom is -0.320 e. The summed E-state index contributed by atoms with van der Waals surface area (Å²) in [6.07, 6.45) is 0. The Balaban J connectivity index is 2.37. The third kappa shape index (κ3) is 2.71. The molecule has 2 N–H and O–H groups in total. The van der Waals surface area contributed by atoms with Crippen molar-refractivity contribution >= 4 is 27.5 Å². The van der Waals surface area contributed by atoms with Gasteiger partial charge in [-0.2, -0.15) is 0 Å². The molecule has 1 atom stereocenters. The van der Waals surface area contributed by atoms with Gasteiger partial charge in [-0.15, -0.1) is 0 Å². The minimum atomic E-state index is -0.911. The molecule has 1 unspecified atom stereocenters. The van der Waals surface area contributed by atoms with E-state index >= 15 is 0 Å². The highest BCUT2D eigenvalue weighted by atomic mass is 79.9. The van der Waals surface area contributed by atoms with Gasteiger partial charge in [0, 0.05) is 4.47 Å². The Hall–Kier alpha value is -0.970. The van der Waals surface area contributed by atoms with Gasteiger partial charge in [0.25, 0.3) is 0 Å². The smallest absolute Gasteiger partial charge is 0.159 e. The minimum absolute atomic E-state index is 0.493. The van der Waals surface area contributed by atoms with Gasteiger partial charge in [-0.3, -0.25) is 0 Å². The normalized spacial score (nSPS) is 12.5. The van der Waals surface area contributed by atoms with Gasteiger partial charge < -0.3 is 5.73 Å². The molecule has 0 aliphatic heterocycles. The maximum atomic E-state index is 13.1. The van der Waals surface area contributed by atoms with Crippen molar-refractivity contribution in [2.24, 2.45) is 5.73 Å². The van der Waals surface area contributed by atoms with Gasteiger partial charge in [-0.25, -0.2) is 8.78 Å². The molecule has 0 saturated heterocycles. The van der Waals surface area contributed by atoms with E-state index in [0.29, 0.717) is 10.6 Å². The van der Waals surface area contributed by atoms with Gasteiger partial charge in [-0.05, 0) is 51.3 Å². The second kappa shape index (κ2) is 5.34. The van der Waals surface area contributed by atoms with Crippen LogP contribution in [0.5, 0.6) is 0 Å². The molecule has 2 aromatic rings. The van der Waals surface area contributed by atoms with Gasteiger partial charge >= 0.3 is 0 Å². The molecule has 0 aliphatic rings. The van der Waals surface area contributed by atoms with E-state index in [1.165, 1.54) is 6.07 Å². The predicted octanol–water partition coefficient (Wildman–Crippen LogP) is 4.43. The molecule has 0 heterocycles. The molecule has 18 heavy (non-hydrogen) atoms. The Kier molecular flexibility index (Phi) is 4.00. The maximum Gasteiger partial charge on any atom is 0.159 e. The average Bonchev–Trinajstić information content (AvgIpc) is 2.35. The van der Waals surface area contributed by atoms with Crippen LogP contribution in [0.1, 0.15) is 17.2 Å². The maximum absolute atomic E-state index is 13.1. The number of nitrogens with two attached hydrogens (primary N) is 1. The van der Waals surface area contributed by atoms with Crippen LogP contribution in [0.15, 0.2) is 40.9 Å². The number of benzene rings is 2. The van der Waals surface area contributed by atoms with Crippen molar-refractivity contribution < 1.29 is 8.78 Å². The fourth-order valence-corrected chi connectivity index (χ4v) is 2.04. The first kappa shape index (κ1) is 13.5. The zero-order valence-electron chi connectivity index (χ0n) is 9.13. The Morgan fingerprint density at radius 2 is 1.61 bits per heavy atom. The van der Waals surface area contributed by atoms with Crippen molar-refractivity contribution in [2.75, 3.05) is 0 Å². The SMILES string of the molecule is NC(c1ccc(F)c(F)c1)c1ccc(Br)c(Cl)c1. The van der Waals surface area contributed by atoms with E-state index in [4.69, 9.17) is 17.3 Å². The van der Waals surface area contributed by atoms with Crippen LogP contribution in [0.4, 0.5) is 8.78 Å². The number of hydrogen-bond acceptors (Lipinski definition) is 1. The summed E-state index contributed by atoms with van der Waals surface area (Å²) in [7, 11) is 0. The average molecular weight is 333 g/mol. The highest BCUT2D eigenvalue weighted by molar-refractivity contribution is 9.10. The first-order chi connectivity index (χ1) is 8.49. The molecular formula is C13H9BrClF2N. The molecule has 0 aromatic heterocycles. The highest BCUT2D eigenvalue weighted by Gasteiger charge is 2.12. The van der Waals surface area contributed by atoms with Crippen molar-refractivity contribution in [3.8, 4) is 0 Å². The Morgan fingerprint density at radius 3 is 2.22 bits per heavy atom. The van der Waals surface area contributed by atoms with Crippen LogP contribution in [0, 0.1) is 11.6 Å². The van der Waals surface area contributed by atoms with E-state index in [-0.39, 0.29) is 0 Å². The molecular weight excluding hydrogens is 324 g/mol. The fourth-order valence-electron chi connectivity index (χ4n) is 1.60. The molecule has 1 nitrogen and oxygen atoms in total. The van der Waals surface area contributed by atoms with Crippen molar-refractivity contribution in [3.63, 3.8) is 0 Å². The van der Waals surface area contributed by atoms with Crippen LogP contribution in [0.2, 0.25) is 5.02 Å². The highest BCUT2D eigenvalue weighted by Crippen LogP contribution is 2.28. The summed E-state index contributed by atoms with van der Waals surface area (Å²) in [4.78, 5) is 0. The lowest BCUT2D eigenvalue weighted by Gasteiger charge is -2.13. The summed E-state index contributed by atoms with van der Waals surface area (Å²) < 4.78 is 26.7. The van der Waals surface area contributed by atoms with Crippen molar-refractivity contribution in [1.29, 1.82) is 0 Å². The van der Waals surface area contributed by atoms with E-state index in [1.54, 1.807) is 18.2 Å². The number of hydrogen-bond donors (Lipinski definition) is 1. The van der Waals surface area contributed by atoms with E-state index in [1.807, 2.05) is 0 Å². The van der Waals surface area contributed by atoms with Crippen LogP contribution in [0.3, 0.4) is 0 Å². The summed E-state index contributed by atoms with van der Waals surface area (Å²) >= 11 is 9.24. The zero-order chi connectivity index (χ0) is 13.3. The van der Waals surface area contributed by atoms with Crippen molar-refractivity contribution in [2.45, 2.75) is 6.04 Å². The Bertz CT molecular complexity index is 538. The third-order valence-electron chi connectivity index (χ3n) is 2.61. The Morgan fingerprint density at radius 1 is 1.00 bits per heavy atom. The summed E-state index contributed by atoms with van der Waals surface area (Å²) in [6, 6.07) is 8.29. The van der Waals surface area contributed by atoms with E-state index in [0.717, 1.165) is 22.2 Å². The third-order valence-corrected chi connectivity index (χ3v) is 3.84. The van der Waals surface area contributed by atoms with Gasteiger partial charge in [-0.1, -0.05) is 23.7 Å². The predicted molar refractivity (Wildman–Crippen MR) is 71.5 cm³/mol. The lowest BCUT2D eigenvalue weighted by molar-refractivity contribution is 0.506. The summed E-state index contributed by atoms with van der Waals surface area (Å²) in [6.45, 7) is 0. The monoisotopic (exact) mass is 331 g/mol. The van der Waals surface area contributed by atoms with Crippen LogP contribution in [-0.4, -0.2) is 0 Å². The largest absolute Gasteiger partial charge is 0.320 e. The quantitative estimate of drug-likeness (QED) is 0.865. The molecule has 0 aliphatic carbocycles. The van der Waals surface area contributed by atoms with E-state index in [9.17, 15) is 8.78 Å². The second-order valence-electron chi connectivity index (χ2n) is 3.82. The van der Waals surface area contributed by atoms with Crippen LogP contribution in [-0.2, 0) is 0 Å². The number of halogens is 4. The van der Waals surface area contributed by atoms with Crippen LogP contribution < -0.4 is 5.73 Å².